The number of benzene rings is 1. The highest BCUT2D eigenvalue weighted by atomic mass is 32.1. The van der Waals surface area contributed by atoms with Crippen molar-refractivity contribution < 1.29 is 0 Å². The van der Waals surface area contributed by atoms with Gasteiger partial charge in [0.25, 0.3) is 0 Å². The van der Waals surface area contributed by atoms with E-state index in [1.807, 2.05) is 0 Å². The van der Waals surface area contributed by atoms with Gasteiger partial charge in [-0.2, -0.15) is 0 Å². The van der Waals surface area contributed by atoms with Crippen LogP contribution in [0.25, 0.3) is 0 Å². The summed E-state index contributed by atoms with van der Waals surface area (Å²) in [5.41, 5.74) is 9.40. The van der Waals surface area contributed by atoms with Crippen molar-refractivity contribution >= 4 is 17.0 Å². The van der Waals surface area contributed by atoms with Gasteiger partial charge >= 0.3 is 0 Å². The molecule has 22 heavy (non-hydrogen) atoms. The molecule has 0 aliphatic carbocycles. The largest absolute Gasteiger partial charge is 0.369 e. The van der Waals surface area contributed by atoms with Gasteiger partial charge < -0.3 is 10.6 Å². The quantitative estimate of drug-likeness (QED) is 0.919. The van der Waals surface area contributed by atoms with Crippen LogP contribution in [0.1, 0.15) is 16.3 Å². The first-order chi connectivity index (χ1) is 10.7. The van der Waals surface area contributed by atoms with Gasteiger partial charge in [0, 0.05) is 43.7 Å². The van der Waals surface area contributed by atoms with Gasteiger partial charge in [0.1, 0.15) is 5.01 Å². The minimum Gasteiger partial charge on any atom is -0.369 e. The van der Waals surface area contributed by atoms with E-state index in [2.05, 4.69) is 51.4 Å². The molecule has 0 amide bonds. The lowest BCUT2D eigenvalue weighted by Crippen LogP contribution is -2.45. The van der Waals surface area contributed by atoms with Gasteiger partial charge in [0.05, 0.1) is 12.2 Å². The first-order valence-corrected chi connectivity index (χ1v) is 8.80. The highest BCUT2D eigenvalue weighted by molar-refractivity contribution is 7.09. The summed E-state index contributed by atoms with van der Waals surface area (Å²) in [5.74, 6) is 0. The van der Waals surface area contributed by atoms with Crippen LogP contribution in [-0.2, 0) is 13.0 Å². The summed E-state index contributed by atoms with van der Waals surface area (Å²) >= 11 is 1.76. The van der Waals surface area contributed by atoms with Gasteiger partial charge in [-0.1, -0.05) is 12.1 Å². The topological polar surface area (TPSA) is 45.4 Å². The van der Waals surface area contributed by atoms with E-state index in [4.69, 9.17) is 5.73 Å². The summed E-state index contributed by atoms with van der Waals surface area (Å²) in [6, 6.07) is 8.78. The van der Waals surface area contributed by atoms with Crippen molar-refractivity contribution in [3.63, 3.8) is 0 Å². The molecule has 5 heteroatoms. The van der Waals surface area contributed by atoms with E-state index in [1.54, 1.807) is 11.3 Å². The second-order valence-corrected chi connectivity index (χ2v) is 6.82. The maximum absolute atomic E-state index is 5.58. The number of thiazole rings is 1. The molecule has 1 aliphatic heterocycles. The number of anilines is 1. The number of nitrogens with zero attached hydrogens (tertiary/aromatic N) is 3. The first kappa shape index (κ1) is 15.5. The van der Waals surface area contributed by atoms with E-state index in [0.717, 1.165) is 44.8 Å². The smallest absolute Gasteiger partial charge is 0.107 e. The van der Waals surface area contributed by atoms with Crippen LogP contribution in [0.15, 0.2) is 29.6 Å². The van der Waals surface area contributed by atoms with Crippen molar-refractivity contribution in [1.29, 1.82) is 0 Å². The summed E-state index contributed by atoms with van der Waals surface area (Å²) in [6.45, 7) is 8.17. The molecule has 2 aromatic rings. The van der Waals surface area contributed by atoms with E-state index in [-0.39, 0.29) is 0 Å². The van der Waals surface area contributed by atoms with Gasteiger partial charge in [0.2, 0.25) is 0 Å². The maximum atomic E-state index is 5.58. The van der Waals surface area contributed by atoms with Crippen molar-refractivity contribution in [1.82, 2.24) is 9.88 Å². The van der Waals surface area contributed by atoms with Crippen LogP contribution in [0.5, 0.6) is 0 Å². The molecule has 2 heterocycles. The molecular formula is C17H24N4S. The molecule has 0 unspecified atom stereocenters. The Morgan fingerprint density at radius 2 is 2.05 bits per heavy atom. The van der Waals surface area contributed by atoms with Crippen LogP contribution >= 0.6 is 11.3 Å². The van der Waals surface area contributed by atoms with Crippen molar-refractivity contribution in [3.05, 3.63) is 45.9 Å². The highest BCUT2D eigenvalue weighted by Gasteiger charge is 2.18. The highest BCUT2D eigenvalue weighted by Crippen LogP contribution is 2.19. The predicted octanol–water partition coefficient (Wildman–Crippen LogP) is 2.27. The number of hydrogen-bond acceptors (Lipinski definition) is 5. The molecule has 0 radical (unpaired) electrons. The van der Waals surface area contributed by atoms with E-state index in [9.17, 15) is 0 Å². The third-order valence-electron chi connectivity index (χ3n) is 4.10. The van der Waals surface area contributed by atoms with Crippen molar-refractivity contribution in [2.45, 2.75) is 19.9 Å². The second-order valence-electron chi connectivity index (χ2n) is 5.87. The Kier molecular flexibility index (Phi) is 5.08. The molecule has 118 valence electrons. The zero-order valence-corrected chi connectivity index (χ0v) is 14.0. The Morgan fingerprint density at radius 3 is 2.77 bits per heavy atom. The van der Waals surface area contributed by atoms with E-state index < -0.39 is 0 Å². The SMILES string of the molecule is Cc1cccc(N2CCN(Cc3nc(CCN)cs3)CC2)c1. The van der Waals surface area contributed by atoms with Gasteiger partial charge in [0.15, 0.2) is 0 Å². The molecule has 1 aromatic carbocycles. The van der Waals surface area contributed by atoms with Crippen LogP contribution in [0, 0.1) is 6.92 Å². The lowest BCUT2D eigenvalue weighted by atomic mass is 10.2. The number of hydrogen-bond donors (Lipinski definition) is 1. The predicted molar refractivity (Wildman–Crippen MR) is 93.5 cm³/mol. The summed E-state index contributed by atoms with van der Waals surface area (Å²) in [4.78, 5) is 9.64. The van der Waals surface area contributed by atoms with Gasteiger partial charge in [-0.3, -0.25) is 4.90 Å². The monoisotopic (exact) mass is 316 g/mol. The zero-order chi connectivity index (χ0) is 15.4. The van der Waals surface area contributed by atoms with Crippen molar-refractivity contribution in [3.8, 4) is 0 Å². The fourth-order valence-electron chi connectivity index (χ4n) is 2.86. The fourth-order valence-corrected chi connectivity index (χ4v) is 3.73. The first-order valence-electron chi connectivity index (χ1n) is 7.92. The van der Waals surface area contributed by atoms with E-state index in [1.165, 1.54) is 16.3 Å². The molecule has 4 nitrogen and oxygen atoms in total. The minimum absolute atomic E-state index is 0.679. The average Bonchev–Trinajstić information content (AvgIpc) is 2.96. The maximum Gasteiger partial charge on any atom is 0.107 e. The third-order valence-corrected chi connectivity index (χ3v) is 4.98. The Hall–Kier alpha value is -1.43. The minimum atomic E-state index is 0.679. The summed E-state index contributed by atoms with van der Waals surface area (Å²) < 4.78 is 0. The lowest BCUT2D eigenvalue weighted by Gasteiger charge is -2.35. The Balaban J connectivity index is 1.53. The molecule has 1 saturated heterocycles. The number of aryl methyl sites for hydroxylation is 1. The summed E-state index contributed by atoms with van der Waals surface area (Å²) in [5, 5.41) is 3.36. The van der Waals surface area contributed by atoms with Crippen LogP contribution < -0.4 is 10.6 Å². The lowest BCUT2D eigenvalue weighted by molar-refractivity contribution is 0.249. The molecule has 1 fully saturated rings. The number of nitrogens with two attached hydrogens (primary N) is 1. The number of piperazine rings is 1. The molecule has 2 N–H and O–H groups in total. The Labute approximate surface area is 136 Å². The molecule has 0 bridgehead atoms. The molecule has 0 atom stereocenters. The van der Waals surface area contributed by atoms with Gasteiger partial charge in [-0.25, -0.2) is 4.98 Å². The van der Waals surface area contributed by atoms with Crippen LogP contribution in [-0.4, -0.2) is 42.6 Å². The van der Waals surface area contributed by atoms with E-state index >= 15 is 0 Å². The van der Waals surface area contributed by atoms with E-state index in [0.29, 0.717) is 6.54 Å². The van der Waals surface area contributed by atoms with Crippen LogP contribution in [0.4, 0.5) is 5.69 Å². The molecular weight excluding hydrogens is 292 g/mol. The molecule has 3 rings (SSSR count). The summed E-state index contributed by atoms with van der Waals surface area (Å²) in [7, 11) is 0. The zero-order valence-electron chi connectivity index (χ0n) is 13.2. The molecule has 1 aromatic heterocycles. The molecule has 0 saturated carbocycles. The second kappa shape index (κ2) is 7.22. The fraction of sp³-hybridized carbons (Fsp3) is 0.471. The standard InChI is InChI=1S/C17H24N4S/c1-14-3-2-4-16(11-14)21-9-7-20(8-10-21)12-17-19-15(5-6-18)13-22-17/h2-4,11,13H,5-10,12,18H2,1H3. The summed E-state index contributed by atoms with van der Waals surface area (Å²) in [6.07, 6.45) is 0.887. The van der Waals surface area contributed by atoms with Crippen LogP contribution in [0.2, 0.25) is 0 Å². The normalized spacial score (nSPS) is 16.2. The Morgan fingerprint density at radius 1 is 1.23 bits per heavy atom. The van der Waals surface area contributed by atoms with Gasteiger partial charge in [-0.15, -0.1) is 11.3 Å². The van der Waals surface area contributed by atoms with Crippen molar-refractivity contribution in [2.24, 2.45) is 5.73 Å². The Bertz CT molecular complexity index is 602. The number of rotatable bonds is 5. The van der Waals surface area contributed by atoms with Gasteiger partial charge in [-0.05, 0) is 31.2 Å². The van der Waals surface area contributed by atoms with Crippen molar-refractivity contribution in [2.75, 3.05) is 37.6 Å². The average molecular weight is 316 g/mol. The van der Waals surface area contributed by atoms with Crippen LogP contribution in [0.3, 0.4) is 0 Å². The number of aromatic nitrogens is 1. The molecule has 0 spiro atoms. The molecule has 1 aliphatic rings. The third kappa shape index (κ3) is 3.85.